The average molecular weight is 452 g/mol. The van der Waals surface area contributed by atoms with Crippen LogP contribution in [0.5, 0.6) is 0 Å². The first-order valence-electron chi connectivity index (χ1n) is 9.92. The highest BCUT2D eigenvalue weighted by molar-refractivity contribution is 8.15. The van der Waals surface area contributed by atoms with Gasteiger partial charge in [0.15, 0.2) is 5.17 Å². The molecule has 1 fully saturated rings. The number of aromatic nitrogens is 3. The predicted molar refractivity (Wildman–Crippen MR) is 118 cm³/mol. The molecule has 2 aliphatic rings. The Bertz CT molecular complexity index is 1310. The first-order valence-corrected chi connectivity index (χ1v) is 10.7. The molecule has 3 N–H and O–H groups in total. The number of pyridine rings is 1. The molecule has 0 saturated heterocycles. The summed E-state index contributed by atoms with van der Waals surface area (Å²) in [5.41, 5.74) is 7.40. The lowest BCUT2D eigenvalue weighted by Gasteiger charge is -2.34. The Morgan fingerprint density at radius 2 is 2.12 bits per heavy atom. The zero-order chi connectivity index (χ0) is 22.5. The lowest BCUT2D eigenvalue weighted by Crippen LogP contribution is -2.41. The van der Waals surface area contributed by atoms with E-state index >= 15 is 0 Å². The van der Waals surface area contributed by atoms with E-state index in [0.717, 1.165) is 0 Å². The van der Waals surface area contributed by atoms with Crippen molar-refractivity contribution in [3.8, 4) is 0 Å². The SMILES string of the molecule is [C-]#[N+]c1cnc2c(Cc3ccc(F)c([C@@]4(CF)N=C(N)S[C@@]5(CO)C[C@H]54)c3)ncnc2c1. The lowest BCUT2D eigenvalue weighted by atomic mass is 9.83. The van der Waals surface area contributed by atoms with Crippen LogP contribution in [0.3, 0.4) is 0 Å². The van der Waals surface area contributed by atoms with Crippen LogP contribution in [0, 0.1) is 18.3 Å². The molecule has 0 spiro atoms. The van der Waals surface area contributed by atoms with Gasteiger partial charge in [0, 0.05) is 24.1 Å². The summed E-state index contributed by atoms with van der Waals surface area (Å²) in [5.74, 6) is -0.915. The number of nitrogens with zero attached hydrogens (tertiary/aromatic N) is 5. The molecule has 10 heteroatoms. The van der Waals surface area contributed by atoms with Crippen LogP contribution in [0.1, 0.15) is 23.2 Å². The second-order valence-corrected chi connectivity index (χ2v) is 9.51. The summed E-state index contributed by atoms with van der Waals surface area (Å²) >= 11 is 1.23. The van der Waals surface area contributed by atoms with Crippen LogP contribution in [0.15, 0.2) is 41.8 Å². The molecule has 0 bridgehead atoms. The number of aliphatic hydroxyl groups is 1. The van der Waals surface area contributed by atoms with Crippen molar-refractivity contribution >= 4 is 33.7 Å². The molecule has 5 rings (SSSR count). The molecule has 3 atom stereocenters. The molecule has 1 aromatic carbocycles. The van der Waals surface area contributed by atoms with E-state index in [0.29, 0.717) is 40.8 Å². The van der Waals surface area contributed by atoms with E-state index in [1.165, 1.54) is 30.4 Å². The van der Waals surface area contributed by atoms with Gasteiger partial charge in [0.1, 0.15) is 29.9 Å². The molecule has 2 aromatic heterocycles. The van der Waals surface area contributed by atoms with E-state index in [9.17, 15) is 13.9 Å². The van der Waals surface area contributed by atoms with Crippen LogP contribution < -0.4 is 5.73 Å². The van der Waals surface area contributed by atoms with E-state index in [1.807, 2.05) is 0 Å². The fourth-order valence-corrected chi connectivity index (χ4v) is 5.82. The minimum Gasteiger partial charge on any atom is -0.395 e. The first kappa shape index (κ1) is 20.7. The molecule has 1 aliphatic carbocycles. The topological polar surface area (TPSA) is 102 Å². The fourth-order valence-electron chi connectivity index (χ4n) is 4.54. The summed E-state index contributed by atoms with van der Waals surface area (Å²) in [7, 11) is 0. The smallest absolute Gasteiger partial charge is 0.207 e. The number of aliphatic hydroxyl groups excluding tert-OH is 1. The highest BCUT2D eigenvalue weighted by Crippen LogP contribution is 2.65. The maximum atomic E-state index is 15.0. The van der Waals surface area contributed by atoms with Gasteiger partial charge in [-0.2, -0.15) is 0 Å². The third kappa shape index (κ3) is 3.12. The van der Waals surface area contributed by atoms with Gasteiger partial charge in [-0.1, -0.05) is 17.8 Å². The number of amidine groups is 1. The Balaban J connectivity index is 1.57. The fraction of sp³-hybridized carbons (Fsp3) is 0.318. The molecular formula is C22H18F2N6OS. The number of nitrogens with two attached hydrogens (primary N) is 1. The van der Waals surface area contributed by atoms with Gasteiger partial charge in [-0.15, -0.1) is 0 Å². The normalized spacial score (nSPS) is 26.3. The molecule has 0 unspecified atom stereocenters. The van der Waals surface area contributed by atoms with Crippen molar-refractivity contribution in [3.05, 3.63) is 70.8 Å². The third-order valence-electron chi connectivity index (χ3n) is 6.22. The van der Waals surface area contributed by atoms with E-state index in [4.69, 9.17) is 12.3 Å². The summed E-state index contributed by atoms with van der Waals surface area (Å²) in [6.45, 7) is 6.04. The van der Waals surface area contributed by atoms with Crippen LogP contribution in [0.2, 0.25) is 0 Å². The van der Waals surface area contributed by atoms with Gasteiger partial charge >= 0.3 is 0 Å². The molecule has 0 radical (unpaired) electrons. The van der Waals surface area contributed by atoms with Gasteiger partial charge in [0.05, 0.1) is 29.1 Å². The highest BCUT2D eigenvalue weighted by atomic mass is 32.2. The molecular weight excluding hydrogens is 434 g/mol. The molecule has 162 valence electrons. The number of rotatable bonds is 5. The van der Waals surface area contributed by atoms with Crippen LogP contribution in [0.25, 0.3) is 15.9 Å². The highest BCUT2D eigenvalue weighted by Gasteiger charge is 2.68. The summed E-state index contributed by atoms with van der Waals surface area (Å²) < 4.78 is 28.9. The van der Waals surface area contributed by atoms with Crippen molar-refractivity contribution in [3.63, 3.8) is 0 Å². The van der Waals surface area contributed by atoms with Gasteiger partial charge in [0.25, 0.3) is 0 Å². The number of fused-ring (bicyclic) bond motifs is 2. The van der Waals surface area contributed by atoms with Crippen LogP contribution in [0.4, 0.5) is 14.5 Å². The number of aliphatic imine (C=N–C) groups is 1. The molecule has 3 aromatic rings. The summed E-state index contributed by atoms with van der Waals surface area (Å²) in [5, 5.41) is 10.0. The van der Waals surface area contributed by atoms with Gasteiger partial charge in [-0.25, -0.2) is 28.6 Å². The van der Waals surface area contributed by atoms with Crippen molar-refractivity contribution < 1.29 is 13.9 Å². The number of thioether (sulfide) groups is 1. The van der Waals surface area contributed by atoms with Crippen molar-refractivity contribution in [1.82, 2.24) is 15.0 Å². The van der Waals surface area contributed by atoms with Crippen molar-refractivity contribution in [2.24, 2.45) is 16.6 Å². The monoisotopic (exact) mass is 452 g/mol. The van der Waals surface area contributed by atoms with Gasteiger partial charge in [0.2, 0.25) is 5.69 Å². The molecule has 7 nitrogen and oxygen atoms in total. The number of halogens is 2. The number of hydrogen-bond acceptors (Lipinski definition) is 7. The minimum absolute atomic E-state index is 0.127. The number of alkyl halides is 1. The molecule has 32 heavy (non-hydrogen) atoms. The van der Waals surface area contributed by atoms with E-state index in [2.05, 4.69) is 24.8 Å². The second kappa shape index (κ2) is 7.46. The maximum Gasteiger partial charge on any atom is 0.207 e. The predicted octanol–water partition coefficient (Wildman–Crippen LogP) is 3.28. The van der Waals surface area contributed by atoms with Crippen LogP contribution >= 0.6 is 11.8 Å². The van der Waals surface area contributed by atoms with Crippen molar-refractivity contribution in [2.45, 2.75) is 23.1 Å². The van der Waals surface area contributed by atoms with Crippen molar-refractivity contribution in [2.75, 3.05) is 13.3 Å². The number of hydrogen-bond donors (Lipinski definition) is 2. The van der Waals surface area contributed by atoms with E-state index in [1.54, 1.807) is 18.2 Å². The summed E-state index contributed by atoms with van der Waals surface area (Å²) in [6.07, 6.45) is 3.66. The van der Waals surface area contributed by atoms with Gasteiger partial charge in [-0.3, -0.25) is 4.98 Å². The zero-order valence-corrected chi connectivity index (χ0v) is 17.6. The second-order valence-electron chi connectivity index (χ2n) is 8.07. The van der Waals surface area contributed by atoms with Gasteiger partial charge < -0.3 is 10.8 Å². The Kier molecular flexibility index (Phi) is 4.83. The minimum atomic E-state index is -1.46. The average Bonchev–Trinajstić information content (AvgIpc) is 3.55. The molecule has 1 saturated carbocycles. The van der Waals surface area contributed by atoms with Crippen molar-refractivity contribution in [1.29, 1.82) is 0 Å². The Morgan fingerprint density at radius 3 is 2.88 bits per heavy atom. The zero-order valence-electron chi connectivity index (χ0n) is 16.8. The maximum absolute atomic E-state index is 15.0. The third-order valence-corrected chi connectivity index (χ3v) is 7.51. The summed E-state index contributed by atoms with van der Waals surface area (Å²) in [4.78, 5) is 20.5. The Labute approximate surface area is 186 Å². The standard InChI is InChI=1S/C22H18F2N6OS/c1-26-13-6-17-19(27-8-13)16(28-11-29-17)5-12-2-3-15(24)14(4-12)22(9-23)18-7-21(18,10-31)32-20(25)30-22/h2-4,6,8,11,18,31H,5,7,9-10H2,(H2,25,30)/t18-,21-,22-/m1/s1. The first-order chi connectivity index (χ1) is 15.4. The van der Waals surface area contributed by atoms with Gasteiger partial charge in [-0.05, 0) is 30.2 Å². The molecule has 3 heterocycles. The lowest BCUT2D eigenvalue weighted by molar-refractivity contribution is 0.231. The molecule has 1 aliphatic heterocycles. The summed E-state index contributed by atoms with van der Waals surface area (Å²) in [6, 6.07) is 6.15. The number of benzene rings is 1. The van der Waals surface area contributed by atoms with E-state index < -0.39 is 22.8 Å². The quantitative estimate of drug-likeness (QED) is 0.576. The van der Waals surface area contributed by atoms with Crippen LogP contribution in [-0.2, 0) is 12.0 Å². The largest absolute Gasteiger partial charge is 0.395 e. The van der Waals surface area contributed by atoms with E-state index in [-0.39, 0.29) is 23.3 Å². The van der Waals surface area contributed by atoms with Crippen LogP contribution in [-0.4, -0.2) is 43.3 Å². The Morgan fingerprint density at radius 1 is 1.28 bits per heavy atom. The molecule has 0 amide bonds. The Hall–Kier alpha value is -3.16.